The van der Waals surface area contributed by atoms with E-state index in [0.717, 1.165) is 15.5 Å². The summed E-state index contributed by atoms with van der Waals surface area (Å²) < 4.78 is 61.2. The first kappa shape index (κ1) is 38.9. The Bertz CT molecular complexity index is 1830. The number of esters is 1. The molecule has 272 valence electrons. The fourth-order valence-corrected chi connectivity index (χ4v) is 8.73. The van der Waals surface area contributed by atoms with Crippen molar-refractivity contribution >= 4 is 32.7 Å². The normalized spacial score (nSPS) is 24.2. The first-order chi connectivity index (χ1) is 22.3. The molecule has 13 nitrogen and oxygen atoms in total. The molecule has 1 fully saturated rings. The van der Waals surface area contributed by atoms with Crippen molar-refractivity contribution in [3.63, 3.8) is 0 Å². The van der Waals surface area contributed by atoms with E-state index in [2.05, 4.69) is 5.32 Å². The first-order valence-corrected chi connectivity index (χ1v) is 23.5. The molecule has 1 aromatic heterocycles. The molecule has 2 aliphatic rings. The van der Waals surface area contributed by atoms with E-state index >= 15 is 0 Å². The molecule has 0 saturated carbocycles. The molecule has 3 unspecified atom stereocenters. The summed E-state index contributed by atoms with van der Waals surface area (Å²) in [5.41, 5.74) is -2.19. The van der Waals surface area contributed by atoms with Gasteiger partial charge in [0.2, 0.25) is 5.60 Å². The lowest BCUT2D eigenvalue weighted by atomic mass is 9.93. The molecule has 4 atom stereocenters. The van der Waals surface area contributed by atoms with Crippen LogP contribution in [-0.2, 0) is 51.1 Å². The Labute approximate surface area is 290 Å². The number of carbonyl (C=O) groups excluding carboxylic acids is 1. The van der Waals surface area contributed by atoms with Crippen LogP contribution >= 0.6 is 0 Å². The van der Waals surface area contributed by atoms with Gasteiger partial charge in [-0.1, -0.05) is 71.9 Å². The molecule has 2 aromatic rings. The highest BCUT2D eigenvalue weighted by molar-refractivity contribution is 7.90. The van der Waals surface area contributed by atoms with Gasteiger partial charge in [0.25, 0.3) is 15.7 Å². The summed E-state index contributed by atoms with van der Waals surface area (Å²) in [4.78, 5) is 39.5. The van der Waals surface area contributed by atoms with Crippen LogP contribution in [0.25, 0.3) is 0 Å². The fourth-order valence-electron chi connectivity index (χ4n) is 5.08. The largest absolute Gasteiger partial charge is 0.460 e. The molecular formula is C33H51N3O10SSi2. The minimum atomic E-state index is -4.41. The van der Waals surface area contributed by atoms with E-state index in [4.69, 9.17) is 22.5 Å². The predicted octanol–water partition coefficient (Wildman–Crippen LogP) is 4.40. The van der Waals surface area contributed by atoms with Crippen LogP contribution in [0.3, 0.4) is 0 Å². The van der Waals surface area contributed by atoms with E-state index in [9.17, 15) is 22.8 Å². The summed E-state index contributed by atoms with van der Waals surface area (Å²) in [5, 5.41) is 3.14. The number of nitrogens with one attached hydrogen (secondary N) is 1. The molecule has 49 heavy (non-hydrogen) atoms. The smallest absolute Gasteiger partial charge is 0.332 e. The van der Waals surface area contributed by atoms with Gasteiger partial charge in [-0.25, -0.2) is 8.98 Å². The summed E-state index contributed by atoms with van der Waals surface area (Å²) in [7, 11) is -8.63. The van der Waals surface area contributed by atoms with Crippen LogP contribution < -0.4 is 16.6 Å². The summed E-state index contributed by atoms with van der Waals surface area (Å²) >= 11 is 0. The van der Waals surface area contributed by atoms with Gasteiger partial charge < -0.3 is 23.6 Å². The van der Waals surface area contributed by atoms with Gasteiger partial charge in [-0.15, -0.1) is 0 Å². The summed E-state index contributed by atoms with van der Waals surface area (Å²) in [5.74, 6) is -0.645. The topological polar surface area (TPSA) is 153 Å². The maximum absolute atomic E-state index is 13.7. The van der Waals surface area contributed by atoms with Crippen molar-refractivity contribution in [2.24, 2.45) is 7.05 Å². The minimum Gasteiger partial charge on any atom is -0.460 e. The molecule has 0 amide bonds. The molecular weight excluding hydrogens is 687 g/mol. The van der Waals surface area contributed by atoms with Crippen molar-refractivity contribution < 1.29 is 35.7 Å². The van der Waals surface area contributed by atoms with Crippen molar-refractivity contribution in [2.45, 2.75) is 116 Å². The molecule has 1 aromatic carbocycles. The van der Waals surface area contributed by atoms with E-state index in [-0.39, 0.29) is 27.9 Å². The Morgan fingerprint density at radius 1 is 0.980 bits per heavy atom. The molecule has 4 rings (SSSR count). The maximum atomic E-state index is 13.7. The standard InChI is InChI=1S/C33H51N3O10SSi2/c1-22-19-36(30(39)35(8)27(22)38)28-26(44-48(9,10)31(2,3)4)33(29(43-28)45-49(11,12)32(5,6)7)24(21-47(40,41)46-33)34-18-25(37)42-20-23-16-14-13-15-17-23/h13-17,19,21,26,28-29,34H,18,20H2,1-12H3/t26?,28-,29?,33?/m1/s1. The van der Waals surface area contributed by atoms with Crippen molar-refractivity contribution in [2.75, 3.05) is 6.54 Å². The number of aryl methyl sites for hydroxylation is 1. The molecule has 0 aliphatic carbocycles. The van der Waals surface area contributed by atoms with E-state index in [1.165, 1.54) is 17.8 Å². The van der Waals surface area contributed by atoms with Gasteiger partial charge in [0.15, 0.2) is 29.2 Å². The molecule has 16 heteroatoms. The number of rotatable bonds is 10. The van der Waals surface area contributed by atoms with Gasteiger partial charge in [-0.2, -0.15) is 8.42 Å². The van der Waals surface area contributed by atoms with Crippen LogP contribution in [0.5, 0.6) is 0 Å². The van der Waals surface area contributed by atoms with Crippen LogP contribution in [0, 0.1) is 6.92 Å². The monoisotopic (exact) mass is 737 g/mol. The Hall–Kier alpha value is -2.87. The minimum absolute atomic E-state index is 0.0226. The SMILES string of the molecule is Cc1cn([C@@H]2OC(O[Si](C)(C)C(C)(C)C)C3(OS(=O)(=O)C=C3NCC(=O)OCc3ccccc3)C2O[Si](C)(C)C(C)(C)C)c(=O)n(C)c1=O. The second-order valence-electron chi connectivity index (χ2n) is 15.8. The number of carbonyl (C=O) groups is 1. The number of hydrogen-bond donors (Lipinski definition) is 1. The third-order valence-corrected chi connectivity index (χ3v) is 20.0. The van der Waals surface area contributed by atoms with Crippen LogP contribution in [0.1, 0.15) is 58.9 Å². The Kier molecular flexibility index (Phi) is 10.6. The highest BCUT2D eigenvalue weighted by Crippen LogP contribution is 2.54. The van der Waals surface area contributed by atoms with Gasteiger partial charge in [-0.05, 0) is 48.8 Å². The molecule has 1 spiro atoms. The summed E-state index contributed by atoms with van der Waals surface area (Å²) in [6, 6.07) is 9.15. The van der Waals surface area contributed by atoms with E-state index < -0.39 is 74.7 Å². The Morgan fingerprint density at radius 2 is 1.55 bits per heavy atom. The van der Waals surface area contributed by atoms with E-state index in [1.54, 1.807) is 6.92 Å². The van der Waals surface area contributed by atoms with E-state index in [1.807, 2.05) is 98.1 Å². The van der Waals surface area contributed by atoms with Gasteiger partial charge in [0.1, 0.15) is 19.3 Å². The van der Waals surface area contributed by atoms with Crippen LogP contribution in [0.15, 0.2) is 57.2 Å². The number of aromatic nitrogens is 2. The molecule has 0 radical (unpaired) electrons. The predicted molar refractivity (Wildman–Crippen MR) is 190 cm³/mol. The second kappa shape index (κ2) is 13.4. The molecule has 3 heterocycles. The van der Waals surface area contributed by atoms with Gasteiger partial charge in [0.05, 0.1) is 11.1 Å². The lowest BCUT2D eigenvalue weighted by Gasteiger charge is -2.45. The highest BCUT2D eigenvalue weighted by Gasteiger charge is 2.69. The number of hydrogen-bond acceptors (Lipinski definition) is 11. The number of benzene rings is 1. The molecule has 1 N–H and O–H groups in total. The molecule has 1 saturated heterocycles. The average Bonchev–Trinajstić information content (AvgIpc) is 3.42. The zero-order chi connectivity index (χ0) is 37.0. The third-order valence-electron chi connectivity index (χ3n) is 10.1. The van der Waals surface area contributed by atoms with Crippen molar-refractivity contribution in [1.82, 2.24) is 14.5 Å². The van der Waals surface area contributed by atoms with Gasteiger partial charge in [-0.3, -0.25) is 18.7 Å². The molecule has 2 aliphatic heterocycles. The number of ether oxygens (including phenoxy) is 2. The van der Waals surface area contributed by atoms with Crippen molar-refractivity contribution in [3.8, 4) is 0 Å². The zero-order valence-corrected chi connectivity index (χ0v) is 33.4. The van der Waals surface area contributed by atoms with Crippen LogP contribution in [0.4, 0.5) is 0 Å². The van der Waals surface area contributed by atoms with Crippen LogP contribution in [0.2, 0.25) is 36.3 Å². The second-order valence-corrected chi connectivity index (χ2v) is 26.7. The Balaban J connectivity index is 1.90. The van der Waals surface area contributed by atoms with Gasteiger partial charge >= 0.3 is 11.7 Å². The Morgan fingerprint density at radius 3 is 2.12 bits per heavy atom. The summed E-state index contributed by atoms with van der Waals surface area (Å²) in [6.07, 6.45) is -2.64. The van der Waals surface area contributed by atoms with E-state index in [0.29, 0.717) is 0 Å². The number of nitrogens with zero attached hydrogens (tertiary/aromatic N) is 2. The fraction of sp³-hybridized carbons (Fsp3) is 0.606. The lowest BCUT2D eigenvalue weighted by Crippen LogP contribution is -2.61. The lowest BCUT2D eigenvalue weighted by molar-refractivity contribution is -0.149. The van der Waals surface area contributed by atoms with Crippen molar-refractivity contribution in [3.05, 3.63) is 79.6 Å². The highest BCUT2D eigenvalue weighted by atomic mass is 32.2. The summed E-state index contributed by atoms with van der Waals surface area (Å²) in [6.45, 7) is 21.2. The maximum Gasteiger partial charge on any atom is 0.332 e. The quantitative estimate of drug-likeness (QED) is 0.210. The third kappa shape index (κ3) is 7.74. The van der Waals surface area contributed by atoms with Crippen molar-refractivity contribution in [1.29, 1.82) is 0 Å². The first-order valence-electron chi connectivity index (χ1n) is 16.2. The molecule has 0 bridgehead atoms. The average molecular weight is 738 g/mol. The van der Waals surface area contributed by atoms with Gasteiger partial charge in [0, 0.05) is 18.8 Å². The zero-order valence-electron chi connectivity index (χ0n) is 30.6. The van der Waals surface area contributed by atoms with Crippen LogP contribution in [-0.4, -0.2) is 64.7 Å².